The van der Waals surface area contributed by atoms with Gasteiger partial charge in [-0.15, -0.1) is 0 Å². The Balaban J connectivity index is 1.26. The lowest BCUT2D eigenvalue weighted by Gasteiger charge is -2.29. The van der Waals surface area contributed by atoms with Gasteiger partial charge in [0.1, 0.15) is 6.54 Å². The molecule has 1 atom stereocenters. The first-order valence-electron chi connectivity index (χ1n) is 22.5. The van der Waals surface area contributed by atoms with E-state index in [1.54, 1.807) is 24.5 Å². The van der Waals surface area contributed by atoms with E-state index in [0.29, 0.717) is 50.2 Å². The van der Waals surface area contributed by atoms with Crippen LogP contribution in [0.2, 0.25) is 0 Å². The molecule has 0 fully saturated rings. The summed E-state index contributed by atoms with van der Waals surface area (Å²) >= 11 is 4.17. The number of benzene rings is 2. The highest BCUT2D eigenvalue weighted by molar-refractivity contribution is 7.80. The fraction of sp³-hybridized carbons (Fsp3) is 0.438. The molecular weight excluding hydrogens is 859 g/mol. The van der Waals surface area contributed by atoms with Crippen molar-refractivity contribution in [1.82, 2.24) is 50.9 Å². The molecule has 0 aliphatic heterocycles. The smallest absolute Gasteiger partial charge is 0.314 e. The molecule has 2 aromatic carbocycles. The number of amides is 7. The Kier molecular flexibility index (Phi) is 19.4. The zero-order valence-corrected chi connectivity index (χ0v) is 39.1. The van der Waals surface area contributed by atoms with E-state index in [1.807, 2.05) is 60.9 Å². The number of nitrogens with one attached hydrogen (secondary N) is 6. The van der Waals surface area contributed by atoms with Crippen LogP contribution in [0.1, 0.15) is 56.7 Å². The lowest BCUT2D eigenvalue weighted by atomic mass is 9.90. The van der Waals surface area contributed by atoms with Gasteiger partial charge in [0.05, 0.1) is 25.7 Å². The number of aromatic nitrogens is 3. The van der Waals surface area contributed by atoms with E-state index < -0.39 is 49.3 Å². The molecule has 0 aliphatic carbocycles. The number of fused-ring (bicyclic) bond motifs is 2. The van der Waals surface area contributed by atoms with Gasteiger partial charge in [0.15, 0.2) is 0 Å². The van der Waals surface area contributed by atoms with Gasteiger partial charge in [-0.25, -0.2) is 4.79 Å². The molecule has 5 rings (SSSR count). The van der Waals surface area contributed by atoms with Crippen molar-refractivity contribution in [3.05, 3.63) is 102 Å². The third-order valence-corrected chi connectivity index (χ3v) is 11.8. The van der Waals surface area contributed by atoms with Crippen LogP contribution in [0.15, 0.2) is 85.5 Å². The number of urea groups is 1. The molecule has 0 aliphatic rings. The number of hydrogen-bond donors (Lipinski definition) is 8. The minimum Gasteiger partial charge on any atom is -0.361 e. The highest BCUT2D eigenvalue weighted by atomic mass is 32.1. The van der Waals surface area contributed by atoms with E-state index in [9.17, 15) is 28.8 Å². The van der Waals surface area contributed by atoms with Crippen molar-refractivity contribution in [3.8, 4) is 0 Å². The highest BCUT2D eigenvalue weighted by Crippen LogP contribution is 2.20. The zero-order valence-electron chi connectivity index (χ0n) is 38.2. The summed E-state index contributed by atoms with van der Waals surface area (Å²) in [5.74, 6) is -1.97. The third kappa shape index (κ3) is 15.6. The summed E-state index contributed by atoms with van der Waals surface area (Å²) in [6, 6.07) is 17.8. The summed E-state index contributed by atoms with van der Waals surface area (Å²) in [6.45, 7) is 6.30. The number of carbonyl (C=O) groups is 6. The van der Waals surface area contributed by atoms with Crippen LogP contribution in [0.3, 0.4) is 0 Å². The third-order valence-electron chi connectivity index (χ3n) is 11.6. The highest BCUT2D eigenvalue weighted by Gasteiger charge is 2.28. The second-order valence-corrected chi connectivity index (χ2v) is 17.6. The molecule has 18 heteroatoms. The summed E-state index contributed by atoms with van der Waals surface area (Å²) in [6.07, 6.45) is 9.38. The Bertz CT molecular complexity index is 2390. The molecule has 0 radical (unpaired) electrons. The molecule has 0 saturated heterocycles. The van der Waals surface area contributed by atoms with Crippen molar-refractivity contribution in [2.45, 2.75) is 65.5 Å². The van der Waals surface area contributed by atoms with Crippen molar-refractivity contribution >= 4 is 70.0 Å². The van der Waals surface area contributed by atoms with Crippen molar-refractivity contribution in [2.75, 3.05) is 64.7 Å². The molecule has 3 aromatic heterocycles. The van der Waals surface area contributed by atoms with Gasteiger partial charge in [-0.05, 0) is 72.4 Å². The second-order valence-electron chi connectivity index (χ2n) is 17.1. The number of hydrogen-bond acceptors (Lipinski definition) is 9. The lowest BCUT2D eigenvalue weighted by Crippen LogP contribution is -2.51. The fourth-order valence-electron chi connectivity index (χ4n) is 7.29. The molecule has 1 unspecified atom stereocenters. The number of para-hydroxylation sites is 2. The van der Waals surface area contributed by atoms with Crippen molar-refractivity contribution in [3.63, 3.8) is 0 Å². The Morgan fingerprint density at radius 1 is 0.742 bits per heavy atom. The minimum atomic E-state index is -0.980. The molecule has 66 heavy (non-hydrogen) atoms. The van der Waals surface area contributed by atoms with Crippen molar-refractivity contribution in [2.24, 2.45) is 11.1 Å². The molecule has 3 heterocycles. The van der Waals surface area contributed by atoms with Crippen LogP contribution in [-0.2, 0) is 43.4 Å². The largest absolute Gasteiger partial charge is 0.361 e. The van der Waals surface area contributed by atoms with Gasteiger partial charge in [-0.3, -0.25) is 29.0 Å². The van der Waals surface area contributed by atoms with Crippen LogP contribution in [0.4, 0.5) is 4.79 Å². The quantitative estimate of drug-likeness (QED) is 0.0302. The Morgan fingerprint density at radius 3 is 1.94 bits per heavy atom. The maximum absolute atomic E-state index is 14.4. The summed E-state index contributed by atoms with van der Waals surface area (Å²) in [5, 5.41) is 13.1. The predicted octanol–water partition coefficient (Wildman–Crippen LogP) is 3.52. The number of nitrogens with zero attached hydrogens (tertiary/aromatic N) is 4. The molecule has 7 amide bonds. The van der Waals surface area contributed by atoms with E-state index in [4.69, 9.17) is 5.73 Å². The van der Waals surface area contributed by atoms with E-state index in [2.05, 4.69) is 69.6 Å². The number of H-pyrrole nitrogens is 2. The maximum Gasteiger partial charge on any atom is 0.314 e. The van der Waals surface area contributed by atoms with Crippen LogP contribution in [0, 0.1) is 5.41 Å². The van der Waals surface area contributed by atoms with Gasteiger partial charge in [0, 0.05) is 91.6 Å². The number of nitrogens with two attached hydrogens (primary N) is 1. The number of carbonyl (C=O) groups excluding carboxylic acids is 6. The Labute approximate surface area is 391 Å². The number of rotatable bonds is 26. The average Bonchev–Trinajstić information content (AvgIpc) is 3.94. The van der Waals surface area contributed by atoms with Gasteiger partial charge in [-0.1, -0.05) is 63.2 Å². The topological polar surface area (TPSA) is 231 Å². The predicted molar refractivity (Wildman–Crippen MR) is 259 cm³/mol. The first-order chi connectivity index (χ1) is 31.8. The first kappa shape index (κ1) is 50.6. The van der Waals surface area contributed by atoms with Crippen LogP contribution >= 0.6 is 12.6 Å². The minimum absolute atomic E-state index is 0.0346. The molecule has 0 spiro atoms. The van der Waals surface area contributed by atoms with Crippen LogP contribution in [0.5, 0.6) is 0 Å². The SMILES string of the molecule is CCC(C)(C)CNC(=O)NCCCC(N)C(=O)N(CC(=O)N(CCc1c[nH]c2ccccc12)CC(=O)NCC(=O)N(CCc1c[nH]c2ccccc12)CC(=O)NCCS)Cc1cccnc1. The number of aromatic amines is 2. The Hall–Kier alpha value is -6.40. The molecule has 8 N–H and O–H groups in total. The van der Waals surface area contributed by atoms with Crippen molar-refractivity contribution < 1.29 is 28.8 Å². The molecule has 17 nitrogen and oxygen atoms in total. The summed E-state index contributed by atoms with van der Waals surface area (Å²) in [4.78, 5) is 95.8. The first-order valence-corrected chi connectivity index (χ1v) is 23.1. The van der Waals surface area contributed by atoms with Gasteiger partial charge < -0.3 is 51.7 Å². The van der Waals surface area contributed by atoms with E-state index in [-0.39, 0.29) is 50.0 Å². The lowest BCUT2D eigenvalue weighted by molar-refractivity contribution is -0.143. The average molecular weight is 924 g/mol. The fourth-order valence-corrected chi connectivity index (χ4v) is 7.40. The number of thiol groups is 1. The standard InChI is InChI=1S/C48H65N11O6S/c1-4-48(2,3)33-56-47(65)52-20-10-14-39(49)46(64)59(29-34-11-9-19-50-25-34)32-45(63)58(23-18-36-27-54-41-16-8-6-13-38(36)41)31-43(61)55-28-44(62)57(30-42(60)51-21-24-66)22-17-35-26-53-40-15-7-5-12-37(35)40/h5-9,11-13,15-16,19,25-27,39,53-54,66H,4,10,14,17-18,20-24,28-33,49H2,1-3H3,(H,51,60)(H,55,61)(H2,52,56,65). The molecule has 354 valence electrons. The van der Waals surface area contributed by atoms with Crippen LogP contribution in [-0.4, -0.2) is 136 Å². The molecule has 0 bridgehead atoms. The second kappa shape index (κ2) is 25.3. The van der Waals surface area contributed by atoms with Gasteiger partial charge in [0.25, 0.3) is 0 Å². The normalized spacial score (nSPS) is 11.8. The zero-order chi connectivity index (χ0) is 47.5. The monoisotopic (exact) mass is 923 g/mol. The summed E-state index contributed by atoms with van der Waals surface area (Å²) in [5.41, 5.74) is 10.9. The Morgan fingerprint density at radius 2 is 1.35 bits per heavy atom. The van der Waals surface area contributed by atoms with Crippen molar-refractivity contribution in [1.29, 1.82) is 0 Å². The maximum atomic E-state index is 14.4. The summed E-state index contributed by atoms with van der Waals surface area (Å²) < 4.78 is 0. The van der Waals surface area contributed by atoms with Gasteiger partial charge >= 0.3 is 6.03 Å². The van der Waals surface area contributed by atoms with Gasteiger partial charge in [0.2, 0.25) is 29.5 Å². The number of pyridine rings is 1. The molecule has 0 saturated carbocycles. The van der Waals surface area contributed by atoms with Crippen LogP contribution < -0.4 is 27.0 Å². The van der Waals surface area contributed by atoms with E-state index >= 15 is 0 Å². The molecule has 5 aromatic rings. The van der Waals surface area contributed by atoms with E-state index in [1.165, 1.54) is 14.7 Å². The van der Waals surface area contributed by atoms with E-state index in [0.717, 1.165) is 39.4 Å². The van der Waals surface area contributed by atoms with Crippen LogP contribution in [0.25, 0.3) is 21.8 Å². The molecular formula is C48H65N11O6S. The van der Waals surface area contributed by atoms with Gasteiger partial charge in [-0.2, -0.15) is 12.6 Å². The summed E-state index contributed by atoms with van der Waals surface area (Å²) in [7, 11) is 0.